The van der Waals surface area contributed by atoms with Gasteiger partial charge in [0.2, 0.25) is 11.9 Å². The smallest absolute Gasteiger partial charge is 0.191 e. The molecule has 0 spiro atoms. The Morgan fingerprint density at radius 1 is 1.33 bits per heavy atom. The van der Waals surface area contributed by atoms with Gasteiger partial charge in [0.1, 0.15) is 0 Å². The van der Waals surface area contributed by atoms with Crippen molar-refractivity contribution in [2.45, 2.75) is 0 Å². The van der Waals surface area contributed by atoms with E-state index in [9.17, 15) is 8.78 Å². The summed E-state index contributed by atoms with van der Waals surface area (Å²) >= 11 is 5.34. The van der Waals surface area contributed by atoms with E-state index in [1.165, 1.54) is 6.08 Å². The Hall–Kier alpha value is -0.960. The zero-order valence-electron chi connectivity index (χ0n) is 6.10. The third kappa shape index (κ3) is 2.58. The van der Waals surface area contributed by atoms with Gasteiger partial charge in [-0.1, -0.05) is 12.2 Å². The fraction of sp³-hybridized carbons (Fsp3) is 0.125. The Morgan fingerprint density at radius 3 is 2.42 bits per heavy atom. The van der Waals surface area contributed by atoms with Crippen LogP contribution in [-0.4, -0.2) is 10.9 Å². The van der Waals surface area contributed by atoms with Gasteiger partial charge in [-0.3, -0.25) is 0 Å². The molecule has 0 bridgehead atoms. The fourth-order valence-electron chi connectivity index (χ4n) is 0.760. The van der Waals surface area contributed by atoms with E-state index in [4.69, 9.17) is 11.6 Å². The van der Waals surface area contributed by atoms with Crippen molar-refractivity contribution in [2.24, 2.45) is 0 Å². The van der Waals surface area contributed by atoms with Gasteiger partial charge >= 0.3 is 0 Å². The molecule has 0 atom stereocenters. The maximum Gasteiger partial charge on any atom is 0.216 e. The minimum atomic E-state index is -0.829. The Morgan fingerprint density at radius 2 is 1.92 bits per heavy atom. The van der Waals surface area contributed by atoms with Crippen LogP contribution >= 0.6 is 11.6 Å². The monoisotopic (exact) mass is 189 g/mol. The number of pyridine rings is 1. The first kappa shape index (κ1) is 9.13. The summed E-state index contributed by atoms with van der Waals surface area (Å²) in [6.45, 7) is 0. The van der Waals surface area contributed by atoms with Crippen molar-refractivity contribution in [3.05, 3.63) is 35.7 Å². The molecule has 0 aromatic carbocycles. The predicted molar refractivity (Wildman–Crippen MR) is 43.9 cm³/mol. The summed E-state index contributed by atoms with van der Waals surface area (Å²) in [5.74, 6) is -1.35. The fourth-order valence-corrected chi connectivity index (χ4v) is 0.849. The third-order valence-electron chi connectivity index (χ3n) is 1.18. The van der Waals surface area contributed by atoms with E-state index < -0.39 is 11.9 Å². The van der Waals surface area contributed by atoms with E-state index in [2.05, 4.69) is 4.98 Å². The lowest BCUT2D eigenvalue weighted by Crippen LogP contribution is -1.88. The Kier molecular flexibility index (Phi) is 3.17. The Bertz CT molecular complexity index is 279. The van der Waals surface area contributed by atoms with Crippen LogP contribution in [0, 0.1) is 11.9 Å². The van der Waals surface area contributed by atoms with E-state index in [1.54, 1.807) is 6.08 Å². The largest absolute Gasteiger partial charge is 0.216 e. The second kappa shape index (κ2) is 4.16. The van der Waals surface area contributed by atoms with Gasteiger partial charge in [0.25, 0.3) is 0 Å². The quantitative estimate of drug-likeness (QED) is 0.515. The molecule has 1 nitrogen and oxygen atoms in total. The normalized spacial score (nSPS) is 10.9. The second-order valence-corrected chi connectivity index (χ2v) is 2.41. The van der Waals surface area contributed by atoms with Crippen LogP contribution in [0.25, 0.3) is 6.08 Å². The summed E-state index contributed by atoms with van der Waals surface area (Å²) in [4.78, 5) is 2.94. The summed E-state index contributed by atoms with van der Waals surface area (Å²) in [5, 5.41) is 0. The molecule has 1 aromatic rings. The van der Waals surface area contributed by atoms with Crippen molar-refractivity contribution in [2.75, 3.05) is 5.88 Å². The predicted octanol–water partition coefficient (Wildman–Crippen LogP) is 2.61. The molecular formula is C8H6ClF2N. The number of hydrogen-bond acceptors (Lipinski definition) is 1. The van der Waals surface area contributed by atoms with Crippen molar-refractivity contribution in [1.82, 2.24) is 4.98 Å². The van der Waals surface area contributed by atoms with Crippen molar-refractivity contribution in [3.63, 3.8) is 0 Å². The van der Waals surface area contributed by atoms with Crippen LogP contribution in [0.1, 0.15) is 5.56 Å². The first-order valence-electron chi connectivity index (χ1n) is 3.28. The average molecular weight is 190 g/mol. The van der Waals surface area contributed by atoms with Gasteiger partial charge in [-0.25, -0.2) is 0 Å². The van der Waals surface area contributed by atoms with Crippen LogP contribution in [0.3, 0.4) is 0 Å². The highest BCUT2D eigenvalue weighted by Gasteiger charge is 1.97. The molecule has 0 radical (unpaired) electrons. The van der Waals surface area contributed by atoms with Crippen molar-refractivity contribution in [1.29, 1.82) is 0 Å². The summed E-state index contributed by atoms with van der Waals surface area (Å²) in [6, 6.07) is 2.26. The first-order valence-corrected chi connectivity index (χ1v) is 3.81. The standard InChI is InChI=1S/C8H6ClF2N/c9-3-1-2-6-4-7(10)12-8(11)5-6/h1-2,4-5H,3H2. The topological polar surface area (TPSA) is 12.9 Å². The molecule has 0 aliphatic rings. The molecule has 0 amide bonds. The summed E-state index contributed by atoms with van der Waals surface area (Å²) in [6.07, 6.45) is 3.12. The molecule has 1 rings (SSSR count). The van der Waals surface area contributed by atoms with Gasteiger partial charge < -0.3 is 0 Å². The van der Waals surface area contributed by atoms with Crippen LogP contribution in [-0.2, 0) is 0 Å². The maximum atomic E-state index is 12.4. The molecule has 0 fully saturated rings. The minimum Gasteiger partial charge on any atom is -0.191 e. The molecule has 4 heteroatoms. The average Bonchev–Trinajstić information content (AvgIpc) is 1.99. The maximum absolute atomic E-state index is 12.4. The van der Waals surface area contributed by atoms with Gasteiger partial charge in [-0.2, -0.15) is 13.8 Å². The van der Waals surface area contributed by atoms with E-state index in [-0.39, 0.29) is 0 Å². The van der Waals surface area contributed by atoms with Crippen molar-refractivity contribution in [3.8, 4) is 0 Å². The van der Waals surface area contributed by atoms with E-state index in [0.717, 1.165) is 12.1 Å². The van der Waals surface area contributed by atoms with Gasteiger partial charge in [-0.05, 0) is 5.56 Å². The first-order chi connectivity index (χ1) is 5.72. The molecule has 1 aromatic heterocycles. The highest BCUT2D eigenvalue weighted by molar-refractivity contribution is 6.19. The van der Waals surface area contributed by atoms with Crippen LogP contribution in [0.4, 0.5) is 8.78 Å². The molecule has 0 saturated carbocycles. The molecule has 12 heavy (non-hydrogen) atoms. The zero-order chi connectivity index (χ0) is 8.97. The number of allylic oxidation sites excluding steroid dienone is 1. The molecular weight excluding hydrogens is 184 g/mol. The van der Waals surface area contributed by atoms with Gasteiger partial charge in [0, 0.05) is 18.0 Å². The molecule has 0 saturated heterocycles. The number of aromatic nitrogens is 1. The minimum absolute atomic E-state index is 0.311. The van der Waals surface area contributed by atoms with Crippen LogP contribution in [0.15, 0.2) is 18.2 Å². The molecule has 1 heterocycles. The lowest BCUT2D eigenvalue weighted by Gasteiger charge is -1.93. The highest BCUT2D eigenvalue weighted by atomic mass is 35.5. The number of rotatable bonds is 2. The van der Waals surface area contributed by atoms with Crippen molar-refractivity contribution < 1.29 is 8.78 Å². The number of halogens is 3. The lowest BCUT2D eigenvalue weighted by atomic mass is 10.2. The van der Waals surface area contributed by atoms with Crippen molar-refractivity contribution >= 4 is 17.7 Å². The van der Waals surface area contributed by atoms with Gasteiger partial charge in [0.15, 0.2) is 0 Å². The number of alkyl halides is 1. The second-order valence-electron chi connectivity index (χ2n) is 2.10. The van der Waals surface area contributed by atoms with Crippen LogP contribution in [0.5, 0.6) is 0 Å². The number of hydrogen-bond donors (Lipinski definition) is 0. The Labute approximate surface area is 73.7 Å². The van der Waals surface area contributed by atoms with Gasteiger partial charge in [-0.15, -0.1) is 11.6 Å². The van der Waals surface area contributed by atoms with Gasteiger partial charge in [0.05, 0.1) is 0 Å². The van der Waals surface area contributed by atoms with E-state index >= 15 is 0 Å². The molecule has 0 aliphatic carbocycles. The SMILES string of the molecule is Fc1cc(C=CCCl)cc(F)n1. The van der Waals surface area contributed by atoms with E-state index in [0.29, 0.717) is 11.4 Å². The molecule has 0 N–H and O–H groups in total. The zero-order valence-corrected chi connectivity index (χ0v) is 6.85. The highest BCUT2D eigenvalue weighted by Crippen LogP contribution is 2.05. The molecule has 64 valence electrons. The van der Waals surface area contributed by atoms with Crippen LogP contribution < -0.4 is 0 Å². The number of nitrogens with zero attached hydrogens (tertiary/aromatic N) is 1. The lowest BCUT2D eigenvalue weighted by molar-refractivity contribution is 0.512. The molecule has 0 unspecified atom stereocenters. The van der Waals surface area contributed by atoms with E-state index in [1.807, 2.05) is 0 Å². The van der Waals surface area contributed by atoms with Crippen LogP contribution in [0.2, 0.25) is 0 Å². The summed E-state index contributed by atoms with van der Waals surface area (Å²) in [7, 11) is 0. The Balaban J connectivity index is 2.93. The third-order valence-corrected chi connectivity index (χ3v) is 1.36. The summed E-state index contributed by atoms with van der Waals surface area (Å²) < 4.78 is 24.9. The molecule has 0 aliphatic heterocycles. The summed E-state index contributed by atoms with van der Waals surface area (Å²) in [5.41, 5.74) is 0.417.